The van der Waals surface area contributed by atoms with E-state index in [1.165, 1.54) is 17.3 Å². The monoisotopic (exact) mass is 243 g/mol. The van der Waals surface area contributed by atoms with Crippen LogP contribution >= 0.6 is 0 Å². The largest absolute Gasteiger partial charge is 1.00 e. The first kappa shape index (κ1) is 13.9. The first-order valence-corrected chi connectivity index (χ1v) is 4.89. The maximum absolute atomic E-state index is 10.6. The third kappa shape index (κ3) is 2.93. The second-order valence-electron chi connectivity index (χ2n) is 3.81. The van der Waals surface area contributed by atoms with Crippen LogP contribution in [0.15, 0.2) is 6.20 Å². The second kappa shape index (κ2) is 5.94. The molecule has 0 aliphatic heterocycles. The van der Waals surface area contributed by atoms with Crippen LogP contribution in [0.1, 0.15) is 35.3 Å². The van der Waals surface area contributed by atoms with Crippen molar-refractivity contribution in [3.05, 3.63) is 17.5 Å². The molecule has 5 nitrogen and oxygen atoms in total. The average Bonchev–Trinajstić information content (AvgIpc) is 2.54. The molecule has 6 heteroatoms. The van der Waals surface area contributed by atoms with Gasteiger partial charge in [-0.3, -0.25) is 4.68 Å². The molecule has 1 aromatic rings. The Morgan fingerprint density at radius 1 is 1.69 bits per heavy atom. The van der Waals surface area contributed by atoms with Crippen molar-refractivity contribution in [3.63, 3.8) is 0 Å². The molecule has 0 amide bonds. The van der Waals surface area contributed by atoms with E-state index in [-0.39, 0.29) is 62.6 Å². The van der Waals surface area contributed by atoms with Crippen LogP contribution in [-0.2, 0) is 6.54 Å². The Hall–Kier alpha value is -0.194. The standard InChI is InChI=1S/C10H11N3O2.K/c11-4-9-8(10(14)15)6-13(12-9)5-7-2-1-3-7;/h6-7H,1-3,5H2,(H,14,15);/q;+1/p-1. The number of nitrogens with zero attached hydrogens (tertiary/aromatic N) is 3. The van der Waals surface area contributed by atoms with E-state index in [0.717, 1.165) is 12.8 Å². The summed E-state index contributed by atoms with van der Waals surface area (Å²) in [5.41, 5.74) is -0.175. The second-order valence-corrected chi connectivity index (χ2v) is 3.81. The molecule has 0 unspecified atom stereocenters. The molecule has 1 aromatic heterocycles. The van der Waals surface area contributed by atoms with Crippen molar-refractivity contribution in [2.24, 2.45) is 5.92 Å². The Kier molecular flexibility index (Phi) is 5.15. The molecule has 78 valence electrons. The van der Waals surface area contributed by atoms with Crippen LogP contribution in [0, 0.1) is 17.2 Å². The van der Waals surface area contributed by atoms with E-state index < -0.39 is 5.97 Å². The number of hydrogen-bond donors (Lipinski definition) is 0. The average molecular weight is 243 g/mol. The zero-order chi connectivity index (χ0) is 10.8. The Balaban J connectivity index is 0.00000128. The predicted molar refractivity (Wildman–Crippen MR) is 48.6 cm³/mol. The van der Waals surface area contributed by atoms with Gasteiger partial charge in [-0.1, -0.05) is 6.42 Å². The smallest absolute Gasteiger partial charge is 0.545 e. The molecule has 16 heavy (non-hydrogen) atoms. The summed E-state index contributed by atoms with van der Waals surface area (Å²) in [6.07, 6.45) is 4.92. The summed E-state index contributed by atoms with van der Waals surface area (Å²) in [6, 6.07) is 1.75. The number of aromatic nitrogens is 2. The van der Waals surface area contributed by atoms with E-state index in [0.29, 0.717) is 12.5 Å². The Labute approximate surface area is 136 Å². The first-order valence-electron chi connectivity index (χ1n) is 4.89. The van der Waals surface area contributed by atoms with E-state index in [9.17, 15) is 9.90 Å². The van der Waals surface area contributed by atoms with Gasteiger partial charge in [-0.15, -0.1) is 0 Å². The van der Waals surface area contributed by atoms with Gasteiger partial charge in [0.2, 0.25) is 0 Å². The van der Waals surface area contributed by atoms with Gasteiger partial charge < -0.3 is 9.90 Å². The molecule has 2 rings (SSSR count). The minimum Gasteiger partial charge on any atom is -0.545 e. The molecule has 1 saturated carbocycles. The number of hydrogen-bond acceptors (Lipinski definition) is 4. The van der Waals surface area contributed by atoms with Crippen molar-refractivity contribution in [3.8, 4) is 6.07 Å². The van der Waals surface area contributed by atoms with Crippen LogP contribution in [0.3, 0.4) is 0 Å². The normalized spacial score (nSPS) is 14.7. The third-order valence-corrected chi connectivity index (χ3v) is 2.76. The van der Waals surface area contributed by atoms with Crippen LogP contribution in [-0.4, -0.2) is 15.7 Å². The summed E-state index contributed by atoms with van der Waals surface area (Å²) >= 11 is 0. The third-order valence-electron chi connectivity index (χ3n) is 2.76. The number of rotatable bonds is 3. The predicted octanol–water partition coefficient (Wildman–Crippen LogP) is -3.08. The SMILES string of the molecule is N#Cc1nn(CC2CCC2)cc1C(=O)[O-].[K+]. The summed E-state index contributed by atoms with van der Waals surface area (Å²) in [6.45, 7) is 0.696. The molecule has 1 fully saturated rings. The molecular weight excluding hydrogens is 233 g/mol. The van der Waals surface area contributed by atoms with E-state index >= 15 is 0 Å². The van der Waals surface area contributed by atoms with Gasteiger partial charge in [-0.05, 0) is 18.8 Å². The Morgan fingerprint density at radius 2 is 2.38 bits per heavy atom. The van der Waals surface area contributed by atoms with Gasteiger partial charge in [0.15, 0.2) is 5.69 Å². The fourth-order valence-corrected chi connectivity index (χ4v) is 1.69. The molecule has 1 aliphatic carbocycles. The zero-order valence-corrected chi connectivity index (χ0v) is 12.3. The van der Waals surface area contributed by atoms with E-state index in [1.807, 2.05) is 0 Å². The van der Waals surface area contributed by atoms with Crippen molar-refractivity contribution in [1.82, 2.24) is 9.78 Å². The minimum atomic E-state index is -1.34. The van der Waals surface area contributed by atoms with Gasteiger partial charge in [0, 0.05) is 12.7 Å². The van der Waals surface area contributed by atoms with Crippen molar-refractivity contribution >= 4 is 5.97 Å². The Bertz CT molecular complexity index is 432. The number of nitriles is 1. The summed E-state index contributed by atoms with van der Waals surface area (Å²) in [4.78, 5) is 10.6. The van der Waals surface area contributed by atoms with Gasteiger partial charge in [0.05, 0.1) is 11.5 Å². The zero-order valence-electron chi connectivity index (χ0n) is 9.14. The van der Waals surface area contributed by atoms with Gasteiger partial charge in [0.25, 0.3) is 0 Å². The van der Waals surface area contributed by atoms with Gasteiger partial charge in [0.1, 0.15) is 6.07 Å². The summed E-state index contributed by atoms with van der Waals surface area (Å²) < 4.78 is 1.54. The van der Waals surface area contributed by atoms with Crippen molar-refractivity contribution < 1.29 is 61.3 Å². The molecule has 0 spiro atoms. The first-order chi connectivity index (χ1) is 7.20. The van der Waals surface area contributed by atoms with Gasteiger partial charge in [-0.25, -0.2) is 0 Å². The Morgan fingerprint density at radius 3 is 2.75 bits per heavy atom. The number of carboxylic acids is 1. The van der Waals surface area contributed by atoms with Gasteiger partial charge in [-0.2, -0.15) is 10.4 Å². The molecule has 0 bridgehead atoms. The van der Waals surface area contributed by atoms with E-state index in [2.05, 4.69) is 5.10 Å². The van der Waals surface area contributed by atoms with E-state index in [1.54, 1.807) is 6.07 Å². The number of carbonyl (C=O) groups is 1. The maximum Gasteiger partial charge on any atom is 1.00 e. The molecule has 1 aliphatic rings. The number of carbonyl (C=O) groups excluding carboxylic acids is 1. The quantitative estimate of drug-likeness (QED) is 0.527. The molecule has 0 N–H and O–H groups in total. The molecule has 0 saturated heterocycles. The molecule has 0 radical (unpaired) electrons. The van der Waals surface area contributed by atoms with Crippen molar-refractivity contribution in [1.29, 1.82) is 5.26 Å². The number of aromatic carboxylic acids is 1. The fraction of sp³-hybridized carbons (Fsp3) is 0.500. The van der Waals surface area contributed by atoms with Crippen molar-refractivity contribution in [2.45, 2.75) is 25.8 Å². The van der Waals surface area contributed by atoms with Crippen LogP contribution in [0.2, 0.25) is 0 Å². The van der Waals surface area contributed by atoms with Gasteiger partial charge >= 0.3 is 51.4 Å². The van der Waals surface area contributed by atoms with Crippen LogP contribution in [0.4, 0.5) is 0 Å². The summed E-state index contributed by atoms with van der Waals surface area (Å²) in [7, 11) is 0. The van der Waals surface area contributed by atoms with Crippen molar-refractivity contribution in [2.75, 3.05) is 0 Å². The molecule has 1 heterocycles. The molecular formula is C10H10KN3O2. The summed E-state index contributed by atoms with van der Waals surface area (Å²) in [5, 5.41) is 23.2. The minimum absolute atomic E-state index is 0. The van der Waals surface area contributed by atoms with E-state index in [4.69, 9.17) is 5.26 Å². The summed E-state index contributed by atoms with van der Waals surface area (Å²) in [5.74, 6) is -0.766. The van der Waals surface area contributed by atoms with Crippen LogP contribution in [0.25, 0.3) is 0 Å². The molecule has 0 aromatic carbocycles. The maximum atomic E-state index is 10.6. The van der Waals surface area contributed by atoms with Crippen LogP contribution in [0.5, 0.6) is 0 Å². The van der Waals surface area contributed by atoms with Crippen LogP contribution < -0.4 is 56.5 Å². The molecule has 0 atom stereocenters. The number of carboxylic acid groups (broad SMARTS) is 1. The topological polar surface area (TPSA) is 81.7 Å². The fourth-order valence-electron chi connectivity index (χ4n) is 1.69.